The fourth-order valence-electron chi connectivity index (χ4n) is 1.19. The van der Waals surface area contributed by atoms with E-state index in [2.05, 4.69) is 4.74 Å². The van der Waals surface area contributed by atoms with Crippen LogP contribution in [0.15, 0.2) is 24.3 Å². The van der Waals surface area contributed by atoms with Crippen LogP contribution in [-0.2, 0) is 15.7 Å². The van der Waals surface area contributed by atoms with Gasteiger partial charge in [-0.1, -0.05) is 0 Å². The Morgan fingerprint density at radius 3 is 2.28 bits per heavy atom. The molecule has 0 spiro atoms. The average Bonchev–Trinajstić information content (AvgIpc) is 2.28. The molecule has 0 saturated heterocycles. The number of alkyl halides is 3. The van der Waals surface area contributed by atoms with Crippen molar-refractivity contribution in [1.82, 2.24) is 0 Å². The van der Waals surface area contributed by atoms with Gasteiger partial charge in [0, 0.05) is 7.11 Å². The lowest BCUT2D eigenvalue weighted by Crippen LogP contribution is -2.31. The molecule has 1 N–H and O–H groups in total. The highest BCUT2D eigenvalue weighted by Gasteiger charge is 2.30. The third-order valence-electron chi connectivity index (χ3n) is 2.05. The zero-order valence-corrected chi connectivity index (χ0v) is 9.40. The summed E-state index contributed by atoms with van der Waals surface area (Å²) in [5, 5.41) is 8.76. The van der Waals surface area contributed by atoms with E-state index >= 15 is 0 Å². The largest absolute Gasteiger partial charge is 0.478 e. The highest BCUT2D eigenvalue weighted by Crippen LogP contribution is 2.30. The van der Waals surface area contributed by atoms with Gasteiger partial charge in [0.1, 0.15) is 5.75 Å². The molecule has 0 saturated carbocycles. The molecule has 4 nitrogen and oxygen atoms in total. The minimum Gasteiger partial charge on any atom is -0.478 e. The molecule has 0 heterocycles. The maximum atomic E-state index is 12.3. The van der Waals surface area contributed by atoms with Crippen molar-refractivity contribution in [3.8, 4) is 5.75 Å². The van der Waals surface area contributed by atoms with E-state index in [9.17, 15) is 18.0 Å². The van der Waals surface area contributed by atoms with Crippen molar-refractivity contribution in [1.29, 1.82) is 0 Å². The zero-order valence-electron chi connectivity index (χ0n) is 9.40. The number of ether oxygens (including phenoxy) is 2. The fourth-order valence-corrected chi connectivity index (χ4v) is 1.19. The number of methoxy groups -OCH3 is 1. The van der Waals surface area contributed by atoms with E-state index < -0.39 is 23.8 Å². The first kappa shape index (κ1) is 14.3. The van der Waals surface area contributed by atoms with Gasteiger partial charge in [-0.2, -0.15) is 13.2 Å². The van der Waals surface area contributed by atoms with Gasteiger partial charge in [0.2, 0.25) is 6.10 Å². The molecule has 0 fully saturated rings. The van der Waals surface area contributed by atoms with Crippen LogP contribution in [0.1, 0.15) is 5.56 Å². The number of hydrogen-bond acceptors (Lipinski definition) is 3. The molecule has 18 heavy (non-hydrogen) atoms. The van der Waals surface area contributed by atoms with Gasteiger partial charge in [0.05, 0.1) is 12.2 Å². The molecule has 0 aliphatic heterocycles. The summed E-state index contributed by atoms with van der Waals surface area (Å²) in [6, 6.07) is 3.77. The first-order valence-corrected chi connectivity index (χ1v) is 4.90. The highest BCUT2D eigenvalue weighted by molar-refractivity contribution is 5.72. The molecule has 0 aliphatic rings. The van der Waals surface area contributed by atoms with E-state index in [4.69, 9.17) is 9.84 Å². The molecule has 1 aromatic rings. The van der Waals surface area contributed by atoms with E-state index in [1.807, 2.05) is 0 Å². The van der Waals surface area contributed by atoms with Gasteiger partial charge < -0.3 is 14.6 Å². The third kappa shape index (κ3) is 3.92. The SMILES string of the molecule is COCC(Oc1ccc(C(F)(F)F)cc1)C(=O)O. The molecule has 0 aromatic heterocycles. The molecule has 0 aliphatic carbocycles. The Balaban J connectivity index is 2.76. The summed E-state index contributed by atoms with van der Waals surface area (Å²) in [7, 11) is 1.30. The quantitative estimate of drug-likeness (QED) is 0.885. The topological polar surface area (TPSA) is 55.8 Å². The summed E-state index contributed by atoms with van der Waals surface area (Å²) >= 11 is 0. The summed E-state index contributed by atoms with van der Waals surface area (Å²) in [6.07, 6.45) is -5.69. The molecule has 1 unspecified atom stereocenters. The van der Waals surface area contributed by atoms with Crippen LogP contribution in [0, 0.1) is 0 Å². The van der Waals surface area contributed by atoms with Crippen molar-refractivity contribution in [2.75, 3.05) is 13.7 Å². The van der Waals surface area contributed by atoms with Crippen LogP contribution in [0.3, 0.4) is 0 Å². The third-order valence-corrected chi connectivity index (χ3v) is 2.05. The number of halogens is 3. The molecule has 1 rings (SSSR count). The molecular formula is C11H11F3O4. The number of rotatable bonds is 5. The van der Waals surface area contributed by atoms with Crippen molar-refractivity contribution < 1.29 is 32.5 Å². The lowest BCUT2D eigenvalue weighted by atomic mass is 10.2. The number of carboxylic acid groups (broad SMARTS) is 1. The molecule has 0 radical (unpaired) electrons. The van der Waals surface area contributed by atoms with E-state index in [-0.39, 0.29) is 12.4 Å². The first-order chi connectivity index (χ1) is 8.34. The van der Waals surface area contributed by atoms with Gasteiger partial charge >= 0.3 is 12.1 Å². The Morgan fingerprint density at radius 2 is 1.89 bits per heavy atom. The highest BCUT2D eigenvalue weighted by atomic mass is 19.4. The number of hydrogen-bond donors (Lipinski definition) is 1. The van der Waals surface area contributed by atoms with Gasteiger partial charge in [0.25, 0.3) is 0 Å². The second-order valence-corrected chi connectivity index (χ2v) is 3.42. The van der Waals surface area contributed by atoms with Crippen molar-refractivity contribution in [2.24, 2.45) is 0 Å². The Morgan fingerprint density at radius 1 is 1.33 bits per heavy atom. The van der Waals surface area contributed by atoms with Crippen molar-refractivity contribution >= 4 is 5.97 Å². The van der Waals surface area contributed by atoms with Gasteiger partial charge in [-0.25, -0.2) is 4.79 Å². The predicted octanol–water partition coefficient (Wildman–Crippen LogP) is 2.18. The number of carboxylic acids is 1. The summed E-state index contributed by atoms with van der Waals surface area (Å²) in [4.78, 5) is 10.7. The second kappa shape index (κ2) is 5.72. The molecule has 100 valence electrons. The van der Waals surface area contributed by atoms with Gasteiger partial charge in [-0.05, 0) is 24.3 Å². The fraction of sp³-hybridized carbons (Fsp3) is 0.364. The van der Waals surface area contributed by atoms with Crippen molar-refractivity contribution in [3.63, 3.8) is 0 Å². The Labute approximate surface area is 101 Å². The van der Waals surface area contributed by atoms with E-state index in [1.165, 1.54) is 7.11 Å². The summed E-state index contributed by atoms with van der Waals surface area (Å²) in [5.74, 6) is -1.22. The average molecular weight is 264 g/mol. The van der Waals surface area contributed by atoms with Gasteiger partial charge in [-0.3, -0.25) is 0 Å². The standard InChI is InChI=1S/C11H11F3O4/c1-17-6-9(10(15)16)18-8-4-2-7(3-5-8)11(12,13)14/h2-5,9H,6H2,1H3,(H,15,16). The number of aliphatic carboxylic acids is 1. The molecule has 1 atom stereocenters. The Hall–Kier alpha value is -1.76. The molecule has 1 aromatic carbocycles. The molecule has 0 amide bonds. The lowest BCUT2D eigenvalue weighted by molar-refractivity contribution is -0.147. The van der Waals surface area contributed by atoms with Crippen molar-refractivity contribution in [3.05, 3.63) is 29.8 Å². The van der Waals surface area contributed by atoms with Crippen LogP contribution in [0.5, 0.6) is 5.75 Å². The van der Waals surface area contributed by atoms with Crippen LogP contribution >= 0.6 is 0 Å². The molecule has 0 bridgehead atoms. The van der Waals surface area contributed by atoms with Crippen LogP contribution in [0.2, 0.25) is 0 Å². The monoisotopic (exact) mass is 264 g/mol. The van der Waals surface area contributed by atoms with E-state index in [0.717, 1.165) is 24.3 Å². The van der Waals surface area contributed by atoms with E-state index in [1.54, 1.807) is 0 Å². The van der Waals surface area contributed by atoms with E-state index in [0.29, 0.717) is 0 Å². The summed E-state index contributed by atoms with van der Waals surface area (Å²) in [6.45, 7) is -0.198. The van der Waals surface area contributed by atoms with Crippen molar-refractivity contribution in [2.45, 2.75) is 12.3 Å². The Kier molecular flexibility index (Phi) is 4.55. The molecule has 7 heteroatoms. The zero-order chi connectivity index (χ0) is 13.8. The number of benzene rings is 1. The lowest BCUT2D eigenvalue weighted by Gasteiger charge is -2.14. The summed E-state index contributed by atoms with van der Waals surface area (Å²) < 4.78 is 46.5. The summed E-state index contributed by atoms with van der Waals surface area (Å²) in [5.41, 5.74) is -0.825. The maximum Gasteiger partial charge on any atom is 0.416 e. The van der Waals surface area contributed by atoms with Crippen LogP contribution in [0.4, 0.5) is 13.2 Å². The predicted molar refractivity (Wildman–Crippen MR) is 55.4 cm³/mol. The normalized spacial score (nSPS) is 13.1. The minimum atomic E-state index is -4.43. The van der Waals surface area contributed by atoms with Gasteiger partial charge in [0.15, 0.2) is 0 Å². The van der Waals surface area contributed by atoms with Crippen LogP contribution in [0.25, 0.3) is 0 Å². The van der Waals surface area contributed by atoms with Gasteiger partial charge in [-0.15, -0.1) is 0 Å². The smallest absolute Gasteiger partial charge is 0.416 e. The second-order valence-electron chi connectivity index (χ2n) is 3.42. The first-order valence-electron chi connectivity index (χ1n) is 4.90. The van der Waals surface area contributed by atoms with Crippen LogP contribution < -0.4 is 4.74 Å². The van der Waals surface area contributed by atoms with Crippen LogP contribution in [-0.4, -0.2) is 30.9 Å². The number of carbonyl (C=O) groups is 1. The Bertz CT molecular complexity index is 400. The minimum absolute atomic E-state index is 0.0347. The molecular weight excluding hydrogens is 253 g/mol. The maximum absolute atomic E-state index is 12.3.